The average Bonchev–Trinajstić information content (AvgIpc) is 2.87. The van der Waals surface area contributed by atoms with Crippen LogP contribution in [0.4, 0.5) is 4.79 Å². The van der Waals surface area contributed by atoms with Gasteiger partial charge in [-0.15, -0.1) is 0 Å². The smallest absolute Gasteiger partial charge is 0.407 e. The van der Waals surface area contributed by atoms with Crippen LogP contribution in [0.1, 0.15) is 39.2 Å². The summed E-state index contributed by atoms with van der Waals surface area (Å²) in [6, 6.07) is 7.94. The number of ether oxygens (including phenoxy) is 1. The third-order valence-electron chi connectivity index (χ3n) is 3.32. The Morgan fingerprint density at radius 2 is 1.84 bits per heavy atom. The lowest BCUT2D eigenvalue weighted by molar-refractivity contribution is 0.0520. The van der Waals surface area contributed by atoms with Gasteiger partial charge in [-0.25, -0.2) is 4.79 Å². The minimum absolute atomic E-state index is 0.149. The number of benzene rings is 1. The van der Waals surface area contributed by atoms with Gasteiger partial charge >= 0.3 is 6.09 Å². The van der Waals surface area contributed by atoms with Gasteiger partial charge in [-0.05, 0) is 44.4 Å². The van der Waals surface area contributed by atoms with Gasteiger partial charge in [0.05, 0.1) is 0 Å². The molecule has 3 nitrogen and oxygen atoms in total. The van der Waals surface area contributed by atoms with Crippen molar-refractivity contribution in [2.75, 3.05) is 0 Å². The lowest BCUT2D eigenvalue weighted by Gasteiger charge is -2.19. The zero-order chi connectivity index (χ0) is 14.2. The second-order valence-electron chi connectivity index (χ2n) is 6.11. The van der Waals surface area contributed by atoms with E-state index >= 15 is 0 Å². The lowest BCUT2D eigenvalue weighted by Crippen LogP contribution is -2.34. The topological polar surface area (TPSA) is 38.3 Å². The summed E-state index contributed by atoms with van der Waals surface area (Å²) in [5, 5.41) is 3.66. The fraction of sp³-hybridized carbons (Fsp3) is 0.533. The number of rotatable bonds is 2. The molecule has 1 N–H and O–H groups in total. The van der Waals surface area contributed by atoms with E-state index in [0.29, 0.717) is 11.8 Å². The summed E-state index contributed by atoms with van der Waals surface area (Å²) in [4.78, 5) is 11.7. The highest BCUT2D eigenvalue weighted by Gasteiger charge is 2.49. The van der Waals surface area contributed by atoms with Crippen molar-refractivity contribution in [3.05, 3.63) is 34.9 Å². The Morgan fingerprint density at radius 3 is 2.37 bits per heavy atom. The van der Waals surface area contributed by atoms with E-state index in [-0.39, 0.29) is 12.1 Å². The first-order valence-corrected chi connectivity index (χ1v) is 6.91. The van der Waals surface area contributed by atoms with Gasteiger partial charge in [-0.1, -0.05) is 30.7 Å². The number of carbonyl (C=O) groups is 1. The zero-order valence-corrected chi connectivity index (χ0v) is 12.5. The molecular weight excluding hydrogens is 262 g/mol. The van der Waals surface area contributed by atoms with E-state index in [1.54, 1.807) is 0 Å². The van der Waals surface area contributed by atoms with Gasteiger partial charge in [-0.3, -0.25) is 0 Å². The summed E-state index contributed by atoms with van der Waals surface area (Å²) in [5.41, 5.74) is 0.746. The normalized spacial score (nSPS) is 25.8. The molecule has 1 aromatic carbocycles. The summed E-state index contributed by atoms with van der Waals surface area (Å²) >= 11 is 5.88. The van der Waals surface area contributed by atoms with E-state index in [0.717, 1.165) is 5.02 Å². The molecule has 1 aliphatic rings. The highest BCUT2D eigenvalue weighted by atomic mass is 35.5. The van der Waals surface area contributed by atoms with Crippen LogP contribution in [0.2, 0.25) is 5.02 Å². The number of nitrogens with one attached hydrogen (secondary N) is 1. The highest BCUT2D eigenvalue weighted by molar-refractivity contribution is 6.30. The Balaban J connectivity index is 1.94. The van der Waals surface area contributed by atoms with E-state index in [4.69, 9.17) is 16.3 Å². The van der Waals surface area contributed by atoms with Crippen LogP contribution in [0.25, 0.3) is 0 Å². The number of hydrogen-bond donors (Lipinski definition) is 1. The predicted molar refractivity (Wildman–Crippen MR) is 76.5 cm³/mol. The molecule has 19 heavy (non-hydrogen) atoms. The SMILES string of the molecule is C[C@H]1[C@@H](NC(=O)OC(C)(C)C)[C@H]1c1ccc(Cl)cc1. The fourth-order valence-corrected chi connectivity index (χ4v) is 2.45. The number of carbonyl (C=O) groups excluding carboxylic acids is 1. The molecule has 1 amide bonds. The highest BCUT2D eigenvalue weighted by Crippen LogP contribution is 2.47. The molecular formula is C15H20ClNO2. The van der Waals surface area contributed by atoms with Gasteiger partial charge in [-0.2, -0.15) is 0 Å². The molecule has 3 atom stereocenters. The summed E-state index contributed by atoms with van der Waals surface area (Å²) < 4.78 is 5.27. The Hall–Kier alpha value is -1.22. The maximum atomic E-state index is 11.7. The second kappa shape index (κ2) is 5.04. The molecule has 1 aromatic rings. The standard InChI is InChI=1S/C15H20ClNO2/c1-9-12(10-5-7-11(16)8-6-10)13(9)17-14(18)19-15(2,3)4/h5-9,12-13H,1-4H3,(H,17,18)/t9-,12-,13-/m1/s1. The third kappa shape index (κ3) is 3.63. The summed E-state index contributed by atoms with van der Waals surface area (Å²) in [6.07, 6.45) is -0.346. The number of amides is 1. The van der Waals surface area contributed by atoms with Gasteiger partial charge < -0.3 is 10.1 Å². The van der Waals surface area contributed by atoms with Crippen molar-refractivity contribution in [2.24, 2.45) is 5.92 Å². The van der Waals surface area contributed by atoms with E-state index < -0.39 is 5.60 Å². The predicted octanol–water partition coefficient (Wildman–Crippen LogP) is 3.97. The van der Waals surface area contributed by atoms with E-state index in [9.17, 15) is 4.79 Å². The molecule has 0 bridgehead atoms. The maximum Gasteiger partial charge on any atom is 0.407 e. The molecule has 0 heterocycles. The van der Waals surface area contributed by atoms with Crippen LogP contribution in [-0.2, 0) is 4.74 Å². The molecule has 2 rings (SSSR count). The van der Waals surface area contributed by atoms with E-state index in [1.807, 2.05) is 45.0 Å². The Morgan fingerprint density at radius 1 is 1.26 bits per heavy atom. The van der Waals surface area contributed by atoms with Gasteiger partial charge in [0.25, 0.3) is 0 Å². The van der Waals surface area contributed by atoms with Gasteiger partial charge in [0, 0.05) is 17.0 Å². The molecule has 1 saturated carbocycles. The first-order valence-electron chi connectivity index (χ1n) is 6.53. The van der Waals surface area contributed by atoms with Crippen LogP contribution >= 0.6 is 11.6 Å². The van der Waals surface area contributed by atoms with Crippen LogP contribution in [-0.4, -0.2) is 17.7 Å². The Bertz CT molecular complexity index is 464. The molecule has 1 fully saturated rings. The number of halogens is 1. The van der Waals surface area contributed by atoms with Crippen molar-refractivity contribution < 1.29 is 9.53 Å². The number of hydrogen-bond acceptors (Lipinski definition) is 2. The minimum atomic E-state index is -0.460. The van der Waals surface area contributed by atoms with Crippen molar-refractivity contribution in [2.45, 2.75) is 45.3 Å². The molecule has 0 unspecified atom stereocenters. The minimum Gasteiger partial charge on any atom is -0.444 e. The first-order chi connectivity index (χ1) is 8.78. The first kappa shape index (κ1) is 14.2. The van der Waals surface area contributed by atoms with E-state index in [2.05, 4.69) is 12.2 Å². The summed E-state index contributed by atoms with van der Waals surface area (Å²) in [7, 11) is 0. The number of alkyl carbamates (subject to hydrolysis) is 1. The lowest BCUT2D eigenvalue weighted by atomic mass is 10.1. The molecule has 0 aromatic heterocycles. The van der Waals surface area contributed by atoms with Crippen LogP contribution in [0.15, 0.2) is 24.3 Å². The molecule has 104 valence electrons. The molecule has 0 saturated heterocycles. The van der Waals surface area contributed by atoms with Crippen molar-refractivity contribution in [1.82, 2.24) is 5.32 Å². The van der Waals surface area contributed by atoms with Crippen molar-refractivity contribution in [3.8, 4) is 0 Å². The van der Waals surface area contributed by atoms with Crippen LogP contribution < -0.4 is 5.32 Å². The molecule has 1 aliphatic carbocycles. The van der Waals surface area contributed by atoms with Crippen molar-refractivity contribution >= 4 is 17.7 Å². The molecule has 0 aliphatic heterocycles. The largest absolute Gasteiger partial charge is 0.444 e. The van der Waals surface area contributed by atoms with Gasteiger partial charge in [0.2, 0.25) is 0 Å². The maximum absolute atomic E-state index is 11.7. The monoisotopic (exact) mass is 281 g/mol. The van der Waals surface area contributed by atoms with Crippen LogP contribution in [0, 0.1) is 5.92 Å². The van der Waals surface area contributed by atoms with Gasteiger partial charge in [0.1, 0.15) is 5.60 Å². The van der Waals surface area contributed by atoms with Crippen molar-refractivity contribution in [3.63, 3.8) is 0 Å². The fourth-order valence-electron chi connectivity index (χ4n) is 2.32. The Kier molecular flexibility index (Phi) is 3.77. The average molecular weight is 282 g/mol. The summed E-state index contributed by atoms with van der Waals surface area (Å²) in [6.45, 7) is 7.71. The van der Waals surface area contributed by atoms with Gasteiger partial charge in [0.15, 0.2) is 0 Å². The van der Waals surface area contributed by atoms with Crippen LogP contribution in [0.5, 0.6) is 0 Å². The van der Waals surface area contributed by atoms with Crippen molar-refractivity contribution in [1.29, 1.82) is 0 Å². The van der Waals surface area contributed by atoms with Crippen LogP contribution in [0.3, 0.4) is 0 Å². The Labute approximate surface area is 119 Å². The molecule has 0 radical (unpaired) electrons. The molecule has 4 heteroatoms. The quantitative estimate of drug-likeness (QED) is 0.891. The third-order valence-corrected chi connectivity index (χ3v) is 3.57. The second-order valence-corrected chi connectivity index (χ2v) is 6.54. The zero-order valence-electron chi connectivity index (χ0n) is 11.7. The van der Waals surface area contributed by atoms with E-state index in [1.165, 1.54) is 5.56 Å². The summed E-state index contributed by atoms with van der Waals surface area (Å²) in [5.74, 6) is 0.776. The molecule has 0 spiro atoms.